The van der Waals surface area contributed by atoms with Crippen LogP contribution in [0.25, 0.3) is 6.08 Å². The molecule has 0 amide bonds. The molecule has 1 saturated heterocycles. The van der Waals surface area contributed by atoms with E-state index < -0.39 is 23.4 Å². The minimum atomic E-state index is -1.56. The lowest BCUT2D eigenvalue weighted by atomic mass is 9.69. The van der Waals surface area contributed by atoms with Crippen LogP contribution in [0.4, 0.5) is 4.39 Å². The normalized spacial score (nSPS) is 23.7. The topological polar surface area (TPSA) is 55.8 Å². The van der Waals surface area contributed by atoms with Crippen molar-refractivity contribution in [1.82, 2.24) is 4.90 Å². The van der Waals surface area contributed by atoms with Crippen LogP contribution >= 0.6 is 0 Å². The van der Waals surface area contributed by atoms with E-state index in [1.54, 1.807) is 19.1 Å². The van der Waals surface area contributed by atoms with Crippen LogP contribution in [0.3, 0.4) is 0 Å². The Balaban J connectivity index is 2.05. The number of benzene rings is 2. The molecule has 164 valence electrons. The molecule has 0 bridgehead atoms. The molecule has 31 heavy (non-hydrogen) atoms. The molecule has 0 aliphatic carbocycles. The molecule has 0 spiro atoms. The highest BCUT2D eigenvalue weighted by Crippen LogP contribution is 2.53. The minimum absolute atomic E-state index is 0.143. The summed E-state index contributed by atoms with van der Waals surface area (Å²) in [6, 6.07) is 15.1. The molecule has 3 atom stereocenters. The standard InChI is InChI=1S/C25H28FNO4/c1-4-31-24(29)25(23(28)30-3)20(12-8-11-18-9-6-5-7-10-18)17-27(2)22(25)19-13-15-21(26)16-14-19/h5-11,13-16,20,22H,4,12,17H2,1-3H3/b11-8+/t20?,22-,25+/m1/s1. The summed E-state index contributed by atoms with van der Waals surface area (Å²) in [5.41, 5.74) is 0.138. The van der Waals surface area contributed by atoms with E-state index in [1.165, 1.54) is 19.2 Å². The van der Waals surface area contributed by atoms with Crippen molar-refractivity contribution in [2.24, 2.45) is 11.3 Å². The van der Waals surface area contributed by atoms with Crippen LogP contribution in [0.1, 0.15) is 30.5 Å². The average molecular weight is 426 g/mol. The number of carbonyl (C=O) groups is 2. The van der Waals surface area contributed by atoms with Gasteiger partial charge in [-0.1, -0.05) is 54.6 Å². The Morgan fingerprint density at radius 3 is 2.42 bits per heavy atom. The fourth-order valence-electron chi connectivity index (χ4n) is 4.58. The van der Waals surface area contributed by atoms with Gasteiger partial charge in [-0.05, 0) is 43.7 Å². The molecular weight excluding hydrogens is 397 g/mol. The summed E-state index contributed by atoms with van der Waals surface area (Å²) < 4.78 is 24.1. The fraction of sp³-hybridized carbons (Fsp3) is 0.360. The molecule has 0 saturated carbocycles. The van der Waals surface area contributed by atoms with Gasteiger partial charge in [0.15, 0.2) is 5.41 Å². The Labute approximate surface area is 182 Å². The number of rotatable bonds is 7. The highest BCUT2D eigenvalue weighted by atomic mass is 19.1. The number of esters is 2. The van der Waals surface area contributed by atoms with E-state index >= 15 is 0 Å². The van der Waals surface area contributed by atoms with E-state index in [-0.39, 0.29) is 18.3 Å². The minimum Gasteiger partial charge on any atom is -0.468 e. The average Bonchev–Trinajstić information content (AvgIpc) is 3.07. The van der Waals surface area contributed by atoms with Gasteiger partial charge in [-0.15, -0.1) is 0 Å². The van der Waals surface area contributed by atoms with E-state index in [1.807, 2.05) is 54.4 Å². The predicted octanol–water partition coefficient (Wildman–Crippen LogP) is 4.25. The maximum Gasteiger partial charge on any atom is 0.325 e. The first-order chi connectivity index (χ1) is 14.9. The lowest BCUT2D eigenvalue weighted by molar-refractivity contribution is -0.176. The number of likely N-dealkylation sites (tertiary alicyclic amines) is 1. The van der Waals surface area contributed by atoms with Gasteiger partial charge >= 0.3 is 11.9 Å². The summed E-state index contributed by atoms with van der Waals surface area (Å²) >= 11 is 0. The van der Waals surface area contributed by atoms with Crippen molar-refractivity contribution in [2.45, 2.75) is 19.4 Å². The molecule has 3 rings (SSSR count). The molecule has 1 fully saturated rings. The quantitative estimate of drug-likeness (QED) is 0.490. The molecule has 6 heteroatoms. The van der Waals surface area contributed by atoms with Crippen LogP contribution in [0.5, 0.6) is 0 Å². The summed E-state index contributed by atoms with van der Waals surface area (Å²) in [4.78, 5) is 28.6. The maximum absolute atomic E-state index is 13.6. The van der Waals surface area contributed by atoms with Crippen molar-refractivity contribution >= 4 is 18.0 Å². The van der Waals surface area contributed by atoms with Crippen LogP contribution in [-0.4, -0.2) is 44.1 Å². The second kappa shape index (κ2) is 9.88. The summed E-state index contributed by atoms with van der Waals surface area (Å²) in [5, 5.41) is 0. The largest absolute Gasteiger partial charge is 0.468 e. The second-order valence-corrected chi connectivity index (χ2v) is 7.72. The first kappa shape index (κ1) is 22.7. The number of nitrogens with zero attached hydrogens (tertiary/aromatic N) is 1. The van der Waals surface area contributed by atoms with Gasteiger partial charge in [0.2, 0.25) is 0 Å². The number of hydrogen-bond donors (Lipinski definition) is 0. The Hall–Kier alpha value is -2.99. The Kier molecular flexibility index (Phi) is 7.23. The summed E-state index contributed by atoms with van der Waals surface area (Å²) in [6.45, 7) is 2.33. The molecule has 1 unspecified atom stereocenters. The van der Waals surface area contributed by atoms with Crippen molar-refractivity contribution in [1.29, 1.82) is 0 Å². The molecule has 0 aromatic heterocycles. The molecule has 2 aromatic rings. The Bertz CT molecular complexity index is 928. The smallest absolute Gasteiger partial charge is 0.325 e. The van der Waals surface area contributed by atoms with E-state index in [9.17, 15) is 14.0 Å². The van der Waals surface area contributed by atoms with Gasteiger partial charge in [-0.3, -0.25) is 14.5 Å². The predicted molar refractivity (Wildman–Crippen MR) is 116 cm³/mol. The van der Waals surface area contributed by atoms with Crippen molar-refractivity contribution in [3.8, 4) is 0 Å². The van der Waals surface area contributed by atoms with Crippen molar-refractivity contribution in [2.75, 3.05) is 27.3 Å². The zero-order valence-corrected chi connectivity index (χ0v) is 18.1. The number of ether oxygens (including phenoxy) is 2. The molecule has 0 N–H and O–H groups in total. The molecule has 0 radical (unpaired) electrons. The lowest BCUT2D eigenvalue weighted by Crippen LogP contribution is -2.49. The lowest BCUT2D eigenvalue weighted by Gasteiger charge is -2.35. The maximum atomic E-state index is 13.6. The molecule has 2 aromatic carbocycles. The van der Waals surface area contributed by atoms with Gasteiger partial charge in [0.05, 0.1) is 19.8 Å². The Morgan fingerprint density at radius 1 is 1.13 bits per heavy atom. The van der Waals surface area contributed by atoms with Crippen LogP contribution in [-0.2, 0) is 19.1 Å². The van der Waals surface area contributed by atoms with E-state index in [4.69, 9.17) is 9.47 Å². The van der Waals surface area contributed by atoms with Crippen LogP contribution in [0.2, 0.25) is 0 Å². The molecule has 1 aliphatic heterocycles. The number of methoxy groups -OCH3 is 1. The monoisotopic (exact) mass is 425 g/mol. The highest BCUT2D eigenvalue weighted by Gasteiger charge is 2.65. The third-order valence-electron chi connectivity index (χ3n) is 5.88. The Morgan fingerprint density at radius 2 is 1.81 bits per heavy atom. The van der Waals surface area contributed by atoms with Crippen molar-refractivity contribution in [3.05, 3.63) is 77.6 Å². The summed E-state index contributed by atoms with van der Waals surface area (Å²) in [5.74, 6) is -2.01. The molecular formula is C25H28FNO4. The van der Waals surface area contributed by atoms with Gasteiger partial charge in [0.25, 0.3) is 0 Å². The zero-order chi connectivity index (χ0) is 22.4. The molecule has 1 aliphatic rings. The van der Waals surface area contributed by atoms with Gasteiger partial charge < -0.3 is 9.47 Å². The molecule has 1 heterocycles. The highest BCUT2D eigenvalue weighted by molar-refractivity contribution is 6.02. The van der Waals surface area contributed by atoms with Gasteiger partial charge in [0.1, 0.15) is 5.82 Å². The van der Waals surface area contributed by atoms with Gasteiger partial charge in [0, 0.05) is 12.5 Å². The number of hydrogen-bond acceptors (Lipinski definition) is 5. The number of halogens is 1. The first-order valence-corrected chi connectivity index (χ1v) is 10.4. The van der Waals surface area contributed by atoms with Crippen LogP contribution < -0.4 is 0 Å². The van der Waals surface area contributed by atoms with Gasteiger partial charge in [-0.25, -0.2) is 4.39 Å². The van der Waals surface area contributed by atoms with Gasteiger partial charge in [-0.2, -0.15) is 0 Å². The van der Waals surface area contributed by atoms with Crippen LogP contribution in [0, 0.1) is 17.2 Å². The van der Waals surface area contributed by atoms with E-state index in [2.05, 4.69) is 0 Å². The third kappa shape index (κ3) is 4.39. The third-order valence-corrected chi connectivity index (χ3v) is 5.88. The number of allylic oxidation sites excluding steroid dienone is 1. The van der Waals surface area contributed by atoms with E-state index in [0.29, 0.717) is 18.5 Å². The number of carbonyl (C=O) groups excluding carboxylic acids is 2. The summed E-state index contributed by atoms with van der Waals surface area (Å²) in [7, 11) is 3.13. The van der Waals surface area contributed by atoms with Crippen molar-refractivity contribution < 1.29 is 23.5 Å². The first-order valence-electron chi connectivity index (χ1n) is 10.4. The van der Waals surface area contributed by atoms with Crippen LogP contribution in [0.15, 0.2) is 60.7 Å². The SMILES string of the molecule is CCOC(=O)[C@@]1(C(=O)OC)C(C/C=C/c2ccccc2)CN(C)[C@@H]1c1ccc(F)cc1. The van der Waals surface area contributed by atoms with Crippen molar-refractivity contribution in [3.63, 3.8) is 0 Å². The van der Waals surface area contributed by atoms with E-state index in [0.717, 1.165) is 5.56 Å². The summed E-state index contributed by atoms with van der Waals surface area (Å²) in [6.07, 6.45) is 4.42. The molecule has 5 nitrogen and oxygen atoms in total. The second-order valence-electron chi connectivity index (χ2n) is 7.72. The zero-order valence-electron chi connectivity index (χ0n) is 18.1. The fourth-order valence-corrected chi connectivity index (χ4v) is 4.58.